The minimum absolute atomic E-state index is 0.415. The molecule has 1 aromatic heterocycles. The van der Waals surface area contributed by atoms with Gasteiger partial charge in [0.2, 0.25) is 0 Å². The third-order valence-corrected chi connectivity index (χ3v) is 2.89. The van der Waals surface area contributed by atoms with E-state index in [0.717, 1.165) is 10.9 Å². The van der Waals surface area contributed by atoms with E-state index in [9.17, 15) is 0 Å². The van der Waals surface area contributed by atoms with E-state index in [1.165, 1.54) is 6.20 Å². The van der Waals surface area contributed by atoms with E-state index < -0.39 is 14.4 Å². The molecule has 0 atom stereocenters. The number of fused-ring (bicyclic) bond motifs is 1. The number of hydrogen-bond acceptors (Lipinski definition) is 6. The van der Waals surface area contributed by atoms with Crippen molar-refractivity contribution < 1.29 is 24.8 Å². The van der Waals surface area contributed by atoms with Gasteiger partial charge in [0.25, 0.3) is 0 Å². The van der Waals surface area contributed by atoms with Gasteiger partial charge in [-0.1, -0.05) is 42.5 Å². The van der Waals surface area contributed by atoms with Gasteiger partial charge >= 0.3 is 14.4 Å². The van der Waals surface area contributed by atoms with Gasteiger partial charge in [-0.3, -0.25) is 4.98 Å². The lowest BCUT2D eigenvalue weighted by molar-refractivity contribution is 0.288. The fraction of sp³-hybridized carbons (Fsp3) is 0. The summed E-state index contributed by atoms with van der Waals surface area (Å²) >= 11 is 0. The monoisotopic (exact) mass is 311 g/mol. The van der Waals surface area contributed by atoms with E-state index in [1.807, 2.05) is 30.3 Å². The number of pyridine rings is 1. The third-order valence-electron chi connectivity index (χ3n) is 2.89. The topological polar surface area (TPSA) is 103 Å². The molecular weight excluding hydrogens is 296 g/mol. The average molecular weight is 311 g/mol. The van der Waals surface area contributed by atoms with Crippen LogP contribution in [0.3, 0.4) is 0 Å². The zero-order valence-corrected chi connectivity index (χ0v) is 12.1. The van der Waals surface area contributed by atoms with Crippen LogP contribution in [0.2, 0.25) is 0 Å². The number of nitrogens with zero attached hydrogens (tertiary/aromatic N) is 1. The molecule has 0 saturated carbocycles. The van der Waals surface area contributed by atoms with Crippen LogP contribution in [0.1, 0.15) is 0 Å². The minimum atomic E-state index is -1.73. The Morgan fingerprint density at radius 3 is 2.13 bits per heavy atom. The Labute approximate surface area is 134 Å². The molecule has 0 aliphatic carbocycles. The molecular formula is C15H15B2NO5. The van der Waals surface area contributed by atoms with Gasteiger partial charge < -0.3 is 24.8 Å². The standard InChI is InChI=1S/C9H8BNO2.C6H7BO3/c12-10(13)8-5-7-3-1-2-4-9(7)11-6-8;8-7(9)10-6-4-2-1-3-5-6/h1-6,12-13H;1-5,8-9H. The Morgan fingerprint density at radius 2 is 1.48 bits per heavy atom. The number of hydrogen-bond donors (Lipinski definition) is 4. The molecule has 0 aliphatic heterocycles. The van der Waals surface area contributed by atoms with Gasteiger partial charge in [-0.25, -0.2) is 0 Å². The molecule has 0 saturated heterocycles. The first kappa shape index (κ1) is 17.0. The summed E-state index contributed by atoms with van der Waals surface area (Å²) < 4.78 is 4.53. The van der Waals surface area contributed by atoms with E-state index in [2.05, 4.69) is 9.64 Å². The summed E-state index contributed by atoms with van der Waals surface area (Å²) in [6, 6.07) is 17.8. The lowest BCUT2D eigenvalue weighted by atomic mass is 9.81. The molecule has 0 amide bonds. The summed E-state index contributed by atoms with van der Waals surface area (Å²) in [6.45, 7) is 0. The summed E-state index contributed by atoms with van der Waals surface area (Å²) in [7, 11) is -3.18. The number of benzene rings is 2. The average Bonchev–Trinajstić information content (AvgIpc) is 2.55. The predicted molar refractivity (Wildman–Crippen MR) is 88.8 cm³/mol. The normalized spacial score (nSPS) is 9.74. The maximum Gasteiger partial charge on any atom is 0.707 e. The van der Waals surface area contributed by atoms with Crippen LogP contribution in [0.5, 0.6) is 5.75 Å². The van der Waals surface area contributed by atoms with E-state index in [1.54, 1.807) is 30.3 Å². The van der Waals surface area contributed by atoms with Gasteiger partial charge in [-0.2, -0.15) is 0 Å². The summed E-state index contributed by atoms with van der Waals surface area (Å²) in [5, 5.41) is 35.4. The van der Waals surface area contributed by atoms with Crippen LogP contribution in [0.15, 0.2) is 66.9 Å². The zero-order valence-electron chi connectivity index (χ0n) is 12.1. The highest BCUT2D eigenvalue weighted by Crippen LogP contribution is 2.08. The van der Waals surface area contributed by atoms with Crippen LogP contribution in [0.4, 0.5) is 0 Å². The first-order chi connectivity index (χ1) is 11.1. The van der Waals surface area contributed by atoms with Crippen molar-refractivity contribution in [3.05, 3.63) is 66.9 Å². The van der Waals surface area contributed by atoms with Crippen LogP contribution >= 0.6 is 0 Å². The fourth-order valence-corrected chi connectivity index (χ4v) is 1.85. The molecule has 0 fully saturated rings. The quantitative estimate of drug-likeness (QED) is 0.506. The Bertz CT molecular complexity index is 740. The van der Waals surface area contributed by atoms with E-state index in [4.69, 9.17) is 20.1 Å². The molecule has 0 radical (unpaired) electrons. The zero-order chi connectivity index (χ0) is 16.7. The highest BCUT2D eigenvalue weighted by molar-refractivity contribution is 6.58. The van der Waals surface area contributed by atoms with Crippen molar-refractivity contribution >= 4 is 30.8 Å². The second-order valence-electron chi connectivity index (χ2n) is 4.59. The largest absolute Gasteiger partial charge is 0.707 e. The number of aromatic nitrogens is 1. The lowest BCUT2D eigenvalue weighted by Gasteiger charge is -2.01. The highest BCUT2D eigenvalue weighted by atomic mass is 16.6. The molecule has 0 spiro atoms. The fourth-order valence-electron chi connectivity index (χ4n) is 1.85. The van der Waals surface area contributed by atoms with Crippen molar-refractivity contribution in [2.75, 3.05) is 0 Å². The first-order valence-electron chi connectivity index (χ1n) is 6.85. The molecule has 0 aliphatic rings. The summed E-state index contributed by atoms with van der Waals surface area (Å²) in [6.07, 6.45) is 1.47. The molecule has 1 heterocycles. The van der Waals surface area contributed by atoms with Gasteiger partial charge in [0, 0.05) is 11.7 Å². The SMILES string of the molecule is OB(O)Oc1ccccc1.OB(O)c1cnc2ccccc2c1. The van der Waals surface area contributed by atoms with Gasteiger partial charge in [0.05, 0.1) is 5.52 Å². The lowest BCUT2D eigenvalue weighted by Crippen LogP contribution is -2.29. The van der Waals surface area contributed by atoms with Crippen molar-refractivity contribution in [2.24, 2.45) is 0 Å². The second-order valence-corrected chi connectivity index (χ2v) is 4.59. The molecule has 4 N–H and O–H groups in total. The molecule has 3 rings (SSSR count). The Kier molecular flexibility index (Phi) is 6.13. The molecule has 6 nitrogen and oxygen atoms in total. The van der Waals surface area contributed by atoms with Crippen LogP contribution in [-0.4, -0.2) is 39.5 Å². The van der Waals surface area contributed by atoms with Crippen molar-refractivity contribution in [3.63, 3.8) is 0 Å². The second kappa shape index (κ2) is 8.30. The smallest absolute Gasteiger partial charge is 0.512 e. The van der Waals surface area contributed by atoms with E-state index in [-0.39, 0.29) is 0 Å². The molecule has 0 unspecified atom stereocenters. The Balaban J connectivity index is 0.000000174. The van der Waals surface area contributed by atoms with Gasteiger partial charge in [-0.05, 0) is 23.6 Å². The number of rotatable bonds is 3. The van der Waals surface area contributed by atoms with Gasteiger partial charge in [0.1, 0.15) is 5.75 Å². The van der Waals surface area contributed by atoms with Crippen LogP contribution < -0.4 is 10.1 Å². The summed E-state index contributed by atoms with van der Waals surface area (Å²) in [5.74, 6) is 0.442. The summed E-state index contributed by atoms with van der Waals surface area (Å²) in [5.41, 5.74) is 1.27. The molecule has 116 valence electrons. The van der Waals surface area contributed by atoms with E-state index in [0.29, 0.717) is 11.2 Å². The minimum Gasteiger partial charge on any atom is -0.512 e. The first-order valence-corrected chi connectivity index (χ1v) is 6.85. The van der Waals surface area contributed by atoms with Crippen LogP contribution in [0, 0.1) is 0 Å². The highest BCUT2D eigenvalue weighted by Gasteiger charge is 2.11. The van der Waals surface area contributed by atoms with Crippen molar-refractivity contribution in [1.29, 1.82) is 0 Å². The maximum absolute atomic E-state index is 8.90. The molecule has 23 heavy (non-hydrogen) atoms. The van der Waals surface area contributed by atoms with Crippen molar-refractivity contribution in [3.8, 4) is 5.75 Å². The van der Waals surface area contributed by atoms with E-state index >= 15 is 0 Å². The van der Waals surface area contributed by atoms with Crippen molar-refractivity contribution in [1.82, 2.24) is 4.98 Å². The Hall–Kier alpha value is -2.38. The Morgan fingerprint density at radius 1 is 0.826 bits per heavy atom. The predicted octanol–water partition coefficient (Wildman–Crippen LogP) is -0.0505. The molecule has 8 heteroatoms. The molecule has 0 bridgehead atoms. The molecule has 3 aromatic rings. The van der Waals surface area contributed by atoms with Crippen LogP contribution in [-0.2, 0) is 0 Å². The third kappa shape index (κ3) is 5.39. The van der Waals surface area contributed by atoms with Crippen molar-refractivity contribution in [2.45, 2.75) is 0 Å². The maximum atomic E-state index is 8.90. The number of para-hydroxylation sites is 2. The summed E-state index contributed by atoms with van der Waals surface area (Å²) in [4.78, 5) is 4.08. The van der Waals surface area contributed by atoms with Crippen LogP contribution in [0.25, 0.3) is 10.9 Å². The molecule has 2 aromatic carbocycles. The van der Waals surface area contributed by atoms with Gasteiger partial charge in [0.15, 0.2) is 0 Å². The van der Waals surface area contributed by atoms with Gasteiger partial charge in [-0.15, -0.1) is 0 Å².